The predicted molar refractivity (Wildman–Crippen MR) is 56.5 cm³/mol. The maximum absolute atomic E-state index is 11.2. The van der Waals surface area contributed by atoms with Crippen molar-refractivity contribution >= 4 is 5.91 Å². The lowest BCUT2D eigenvalue weighted by atomic mass is 10.2. The number of ether oxygens (including phenoxy) is 1. The Morgan fingerprint density at radius 1 is 1.53 bits per heavy atom. The molecule has 0 fully saturated rings. The molecule has 0 saturated heterocycles. The quantitative estimate of drug-likeness (QED) is 0.767. The van der Waals surface area contributed by atoms with Crippen molar-refractivity contribution in [2.45, 2.75) is 19.6 Å². The molecule has 1 atom stereocenters. The maximum atomic E-state index is 11.2. The summed E-state index contributed by atoms with van der Waals surface area (Å²) in [5, 5.41) is 11.5. The summed E-state index contributed by atoms with van der Waals surface area (Å²) in [4.78, 5) is 11.2. The first-order chi connectivity index (χ1) is 7.19. The summed E-state index contributed by atoms with van der Waals surface area (Å²) < 4.78 is 5.42. The number of hydrogen-bond acceptors (Lipinski definition) is 3. The SMILES string of the molecule is CNC(=O)C(C)Oc1ccccc1CO. The van der Waals surface area contributed by atoms with Crippen LogP contribution in [0.4, 0.5) is 0 Å². The monoisotopic (exact) mass is 209 g/mol. The zero-order chi connectivity index (χ0) is 11.3. The van der Waals surface area contributed by atoms with Gasteiger partial charge in [-0.2, -0.15) is 0 Å². The number of amides is 1. The fraction of sp³-hybridized carbons (Fsp3) is 0.364. The molecular formula is C11H15NO3. The van der Waals surface area contributed by atoms with Crippen molar-refractivity contribution in [1.82, 2.24) is 5.32 Å². The van der Waals surface area contributed by atoms with E-state index >= 15 is 0 Å². The standard InChI is InChI=1S/C11H15NO3/c1-8(11(14)12-2)15-10-6-4-3-5-9(10)7-13/h3-6,8,13H,7H2,1-2H3,(H,12,14). The number of nitrogens with one attached hydrogen (secondary N) is 1. The topological polar surface area (TPSA) is 58.6 Å². The minimum atomic E-state index is -0.567. The van der Waals surface area contributed by atoms with Crippen LogP contribution in [0.25, 0.3) is 0 Å². The van der Waals surface area contributed by atoms with E-state index in [0.717, 1.165) is 0 Å². The largest absolute Gasteiger partial charge is 0.481 e. The Kier molecular flexibility index (Phi) is 4.12. The van der Waals surface area contributed by atoms with Crippen LogP contribution in [-0.2, 0) is 11.4 Å². The average Bonchev–Trinajstić information content (AvgIpc) is 2.28. The molecule has 0 bridgehead atoms. The molecule has 4 heteroatoms. The first kappa shape index (κ1) is 11.5. The van der Waals surface area contributed by atoms with Gasteiger partial charge in [0.1, 0.15) is 5.75 Å². The van der Waals surface area contributed by atoms with Crippen LogP contribution in [0.1, 0.15) is 12.5 Å². The molecule has 0 aliphatic rings. The van der Waals surface area contributed by atoms with Gasteiger partial charge < -0.3 is 15.2 Å². The normalized spacial score (nSPS) is 11.9. The first-order valence-corrected chi connectivity index (χ1v) is 4.76. The molecule has 0 aromatic heterocycles. The van der Waals surface area contributed by atoms with Crippen LogP contribution >= 0.6 is 0 Å². The summed E-state index contributed by atoms with van der Waals surface area (Å²) >= 11 is 0. The fourth-order valence-electron chi connectivity index (χ4n) is 1.20. The summed E-state index contributed by atoms with van der Waals surface area (Å²) in [6, 6.07) is 7.09. The Morgan fingerprint density at radius 3 is 2.80 bits per heavy atom. The summed E-state index contributed by atoms with van der Waals surface area (Å²) in [6.45, 7) is 1.56. The lowest BCUT2D eigenvalue weighted by molar-refractivity contribution is -0.126. The highest BCUT2D eigenvalue weighted by atomic mass is 16.5. The Hall–Kier alpha value is -1.55. The van der Waals surface area contributed by atoms with Crippen molar-refractivity contribution in [3.05, 3.63) is 29.8 Å². The van der Waals surface area contributed by atoms with Gasteiger partial charge in [0.15, 0.2) is 6.10 Å². The number of benzene rings is 1. The van der Waals surface area contributed by atoms with E-state index in [1.165, 1.54) is 0 Å². The Labute approximate surface area is 88.9 Å². The van der Waals surface area contributed by atoms with Crippen molar-refractivity contribution in [3.8, 4) is 5.75 Å². The molecule has 0 spiro atoms. The van der Waals surface area contributed by atoms with E-state index in [1.807, 2.05) is 6.07 Å². The van der Waals surface area contributed by atoms with E-state index < -0.39 is 6.10 Å². The number of carbonyl (C=O) groups excluding carboxylic acids is 1. The number of hydrogen-bond donors (Lipinski definition) is 2. The lowest BCUT2D eigenvalue weighted by Crippen LogP contribution is -2.33. The molecule has 1 unspecified atom stereocenters. The van der Waals surface area contributed by atoms with Crippen molar-refractivity contribution in [2.75, 3.05) is 7.05 Å². The highest BCUT2D eigenvalue weighted by Gasteiger charge is 2.13. The van der Waals surface area contributed by atoms with E-state index in [4.69, 9.17) is 9.84 Å². The second-order valence-electron chi connectivity index (χ2n) is 3.14. The minimum Gasteiger partial charge on any atom is -0.481 e. The third-order valence-electron chi connectivity index (χ3n) is 2.06. The summed E-state index contributed by atoms with van der Waals surface area (Å²) in [6.07, 6.45) is -0.567. The number of carbonyl (C=O) groups is 1. The van der Waals surface area contributed by atoms with E-state index in [0.29, 0.717) is 11.3 Å². The molecule has 0 radical (unpaired) electrons. The summed E-state index contributed by atoms with van der Waals surface area (Å²) in [5.41, 5.74) is 0.674. The van der Waals surface area contributed by atoms with Gasteiger partial charge in [-0.3, -0.25) is 4.79 Å². The Bertz CT molecular complexity index is 338. The number of para-hydroxylation sites is 1. The number of rotatable bonds is 4. The van der Waals surface area contributed by atoms with Crippen molar-refractivity contribution in [1.29, 1.82) is 0 Å². The van der Waals surface area contributed by atoms with Crippen LogP contribution in [0.15, 0.2) is 24.3 Å². The lowest BCUT2D eigenvalue weighted by Gasteiger charge is -2.15. The van der Waals surface area contributed by atoms with Crippen molar-refractivity contribution in [3.63, 3.8) is 0 Å². The fourth-order valence-corrected chi connectivity index (χ4v) is 1.20. The summed E-state index contributed by atoms with van der Waals surface area (Å²) in [7, 11) is 1.56. The third-order valence-corrected chi connectivity index (χ3v) is 2.06. The predicted octanol–water partition coefficient (Wildman–Crippen LogP) is 0.692. The van der Waals surface area contributed by atoms with Crippen LogP contribution in [0.3, 0.4) is 0 Å². The number of aliphatic hydroxyl groups excluding tert-OH is 1. The van der Waals surface area contributed by atoms with Crippen LogP contribution in [0.5, 0.6) is 5.75 Å². The van der Waals surface area contributed by atoms with Crippen LogP contribution in [0, 0.1) is 0 Å². The number of aliphatic hydroxyl groups is 1. The molecule has 0 aliphatic heterocycles. The van der Waals surface area contributed by atoms with Crippen molar-refractivity contribution < 1.29 is 14.6 Å². The second kappa shape index (κ2) is 5.36. The highest BCUT2D eigenvalue weighted by molar-refractivity contribution is 5.80. The van der Waals surface area contributed by atoms with E-state index in [9.17, 15) is 4.79 Å². The molecular weight excluding hydrogens is 194 g/mol. The van der Waals surface area contributed by atoms with Crippen molar-refractivity contribution in [2.24, 2.45) is 0 Å². The van der Waals surface area contributed by atoms with Gasteiger partial charge in [-0.15, -0.1) is 0 Å². The molecule has 0 aliphatic carbocycles. The zero-order valence-corrected chi connectivity index (χ0v) is 8.86. The van der Waals surface area contributed by atoms with Gasteiger partial charge >= 0.3 is 0 Å². The molecule has 0 heterocycles. The van der Waals surface area contributed by atoms with E-state index in [1.54, 1.807) is 32.2 Å². The molecule has 82 valence electrons. The molecule has 1 rings (SSSR count). The van der Waals surface area contributed by atoms with Gasteiger partial charge in [0.05, 0.1) is 6.61 Å². The van der Waals surface area contributed by atoms with Gasteiger partial charge in [-0.1, -0.05) is 18.2 Å². The first-order valence-electron chi connectivity index (χ1n) is 4.76. The van der Waals surface area contributed by atoms with Crippen LogP contribution < -0.4 is 10.1 Å². The second-order valence-corrected chi connectivity index (χ2v) is 3.14. The van der Waals surface area contributed by atoms with Gasteiger partial charge in [-0.05, 0) is 13.0 Å². The molecule has 1 aromatic rings. The van der Waals surface area contributed by atoms with Crippen LogP contribution in [-0.4, -0.2) is 24.2 Å². The smallest absolute Gasteiger partial charge is 0.260 e. The molecule has 0 saturated carbocycles. The van der Waals surface area contributed by atoms with Gasteiger partial charge in [0, 0.05) is 12.6 Å². The molecule has 2 N–H and O–H groups in total. The van der Waals surface area contributed by atoms with E-state index in [-0.39, 0.29) is 12.5 Å². The zero-order valence-electron chi connectivity index (χ0n) is 8.86. The van der Waals surface area contributed by atoms with Gasteiger partial charge in [-0.25, -0.2) is 0 Å². The van der Waals surface area contributed by atoms with Crippen LogP contribution in [0.2, 0.25) is 0 Å². The maximum Gasteiger partial charge on any atom is 0.260 e. The highest BCUT2D eigenvalue weighted by Crippen LogP contribution is 2.18. The Morgan fingerprint density at radius 2 is 2.20 bits per heavy atom. The van der Waals surface area contributed by atoms with E-state index in [2.05, 4.69) is 5.32 Å². The van der Waals surface area contributed by atoms with Gasteiger partial charge in [0.2, 0.25) is 0 Å². The van der Waals surface area contributed by atoms with Gasteiger partial charge in [0.25, 0.3) is 5.91 Å². The third kappa shape index (κ3) is 2.95. The number of likely N-dealkylation sites (N-methyl/N-ethyl adjacent to an activating group) is 1. The molecule has 1 aromatic carbocycles. The molecule has 4 nitrogen and oxygen atoms in total. The summed E-state index contributed by atoms with van der Waals surface area (Å²) in [5.74, 6) is 0.346. The molecule has 15 heavy (non-hydrogen) atoms. The minimum absolute atomic E-state index is 0.101. The molecule has 1 amide bonds. The average molecular weight is 209 g/mol. The Balaban J connectivity index is 2.75.